The fourth-order valence-electron chi connectivity index (χ4n) is 9.68. The predicted molar refractivity (Wildman–Crippen MR) is 233 cm³/mol. The molecule has 0 spiro atoms. The molecular weight excluding hydrogens is 772 g/mol. The third-order valence-corrected chi connectivity index (χ3v) is 14.9. The van der Waals surface area contributed by atoms with Gasteiger partial charge in [0.05, 0.1) is 0 Å². The normalized spacial score (nSPS) is 12.1. The molecule has 0 radical (unpaired) electrons. The van der Waals surface area contributed by atoms with E-state index < -0.39 is 16.6 Å². The van der Waals surface area contributed by atoms with Crippen LogP contribution < -0.4 is 3.66 Å². The van der Waals surface area contributed by atoms with E-state index in [2.05, 4.69) is 106 Å². The molecule has 0 saturated heterocycles. The van der Waals surface area contributed by atoms with E-state index in [-0.39, 0.29) is 0 Å². The summed E-state index contributed by atoms with van der Waals surface area (Å²) in [4.78, 5) is 36.3. The molecule has 1 N–H and O–H groups in total. The summed E-state index contributed by atoms with van der Waals surface area (Å²) in [6.07, 6.45) is 0. The summed E-state index contributed by atoms with van der Waals surface area (Å²) >= 11 is -1.66. The Balaban J connectivity index is 1.64. The Morgan fingerprint density at radius 3 is 1.12 bits per heavy atom. The van der Waals surface area contributed by atoms with E-state index in [1.165, 1.54) is 33.4 Å². The molecule has 59 heavy (non-hydrogen) atoms. The summed E-state index contributed by atoms with van der Waals surface area (Å²) in [5.41, 5.74) is 23.3. The molecule has 0 aliphatic carbocycles. The van der Waals surface area contributed by atoms with Gasteiger partial charge in [0, 0.05) is 0 Å². The zero-order valence-electron chi connectivity index (χ0n) is 36.9. The molecule has 5 heterocycles. The molecule has 10 nitrogen and oxygen atoms in total. The molecule has 0 fully saturated rings. The van der Waals surface area contributed by atoms with Gasteiger partial charge in [-0.25, -0.2) is 0 Å². The molecule has 0 amide bonds. The van der Waals surface area contributed by atoms with Gasteiger partial charge in [0.1, 0.15) is 0 Å². The number of aryl methyl sites for hydroxylation is 5. The first kappa shape index (κ1) is 38.9. The molecule has 0 atom stereocenters. The van der Waals surface area contributed by atoms with Crippen LogP contribution in [0.25, 0.3) is 89.7 Å². The number of nitrogens with one attached hydrogen (secondary N) is 1. The first-order chi connectivity index (χ1) is 27.9. The Kier molecular flexibility index (Phi) is 8.72. The van der Waals surface area contributed by atoms with Crippen LogP contribution in [0.3, 0.4) is 0 Å². The first-order valence-electron chi connectivity index (χ1n) is 20.1. The number of nitrogens with zero attached hydrogens (tertiary/aromatic N) is 7. The number of aromatic nitrogens is 8. The predicted octanol–water partition coefficient (Wildman–Crippen LogP) is 11.2. The average Bonchev–Trinajstić information content (AvgIpc) is 3.93. The van der Waals surface area contributed by atoms with E-state index in [0.717, 1.165) is 99.6 Å². The number of hydrogen-bond donors (Lipinski definition) is 1. The van der Waals surface area contributed by atoms with Crippen LogP contribution in [-0.2, 0) is 27.3 Å². The number of aromatic amines is 1. The summed E-state index contributed by atoms with van der Waals surface area (Å²) in [7, 11) is 2.03. The van der Waals surface area contributed by atoms with Gasteiger partial charge in [0.15, 0.2) is 0 Å². The number of fused-ring (bicyclic) bond motifs is 20. The average molecular weight is 821 g/mol. The van der Waals surface area contributed by atoms with Crippen LogP contribution in [-0.4, -0.2) is 39.5 Å². The van der Waals surface area contributed by atoms with Crippen LogP contribution in [0, 0.1) is 104 Å². The monoisotopic (exact) mass is 820 g/mol. The van der Waals surface area contributed by atoms with Crippen molar-refractivity contribution >= 4 is 44.1 Å². The number of rotatable bonds is 2. The van der Waals surface area contributed by atoms with Crippen LogP contribution in [0.2, 0.25) is 0 Å². The molecule has 9 rings (SSSR count). The Labute approximate surface area is 351 Å². The molecule has 4 aromatic carbocycles. The van der Waals surface area contributed by atoms with Gasteiger partial charge < -0.3 is 0 Å². The van der Waals surface area contributed by atoms with Gasteiger partial charge in [-0.1, -0.05) is 0 Å². The second-order valence-corrected chi connectivity index (χ2v) is 17.4. The summed E-state index contributed by atoms with van der Waals surface area (Å²) in [6, 6.07) is 0. The van der Waals surface area contributed by atoms with Crippen LogP contribution in [0.1, 0.15) is 83.5 Å². The van der Waals surface area contributed by atoms with Crippen molar-refractivity contribution < 1.29 is 23.9 Å². The molecule has 7 aromatic rings. The number of H-pyrrole nitrogens is 1. The molecule has 3 aromatic heterocycles. The first-order valence-corrected chi connectivity index (χ1v) is 21.3. The van der Waals surface area contributed by atoms with Crippen molar-refractivity contribution in [3.8, 4) is 51.3 Å². The molecule has 2 aliphatic heterocycles. The minimum atomic E-state index is -1.66. The van der Waals surface area contributed by atoms with E-state index in [0.29, 0.717) is 45.9 Å². The van der Waals surface area contributed by atoms with E-state index in [4.69, 9.17) is 33.6 Å². The Bertz CT molecular complexity index is 3330. The topological polar surface area (TPSA) is 124 Å². The van der Waals surface area contributed by atoms with Crippen molar-refractivity contribution in [1.82, 2.24) is 39.5 Å². The van der Waals surface area contributed by atoms with Gasteiger partial charge in [0.2, 0.25) is 0 Å². The van der Waals surface area contributed by atoms with E-state index in [1.54, 1.807) is 0 Å². The number of benzene rings is 4. The van der Waals surface area contributed by atoms with Crippen LogP contribution in [0.4, 0.5) is 0 Å². The van der Waals surface area contributed by atoms with Gasteiger partial charge in [-0.15, -0.1) is 0 Å². The van der Waals surface area contributed by atoms with E-state index >= 15 is 0 Å². The van der Waals surface area contributed by atoms with Crippen molar-refractivity contribution in [3.63, 3.8) is 0 Å². The minimum absolute atomic E-state index is 0.437. The molecule has 11 heteroatoms. The van der Waals surface area contributed by atoms with Crippen LogP contribution >= 0.6 is 0 Å². The third kappa shape index (κ3) is 5.12. The Hall–Kier alpha value is -5.58. The summed E-state index contributed by atoms with van der Waals surface area (Å²) in [5, 5.41) is 4.01. The van der Waals surface area contributed by atoms with Crippen molar-refractivity contribution in [2.75, 3.05) is 0 Å². The van der Waals surface area contributed by atoms with E-state index in [9.17, 15) is 3.67 Å². The summed E-state index contributed by atoms with van der Waals surface area (Å²) < 4.78 is 20.6. The second kappa shape index (κ2) is 13.2. The van der Waals surface area contributed by atoms with Crippen LogP contribution in [0.5, 0.6) is 5.75 Å². The Morgan fingerprint density at radius 2 is 0.712 bits per heavy atom. The van der Waals surface area contributed by atoms with Crippen molar-refractivity contribution in [2.45, 2.75) is 104 Å². The maximum absolute atomic E-state index is 12.4. The molecule has 0 unspecified atom stereocenters. The summed E-state index contributed by atoms with van der Waals surface area (Å²) in [6.45, 7) is 32.2. The maximum atomic E-state index is 12.4. The molecular formula is C48H49N8O2V. The van der Waals surface area contributed by atoms with Gasteiger partial charge in [-0.3, -0.25) is 0 Å². The standard InChI is InChI=1S/C48H50N8O.O.V/c1-17-18(2)25(9)33-32(24(17)8)41-49-42-34-26(10)19(3)20(4)27(11)35(34)44(51-42)54-47-37-29(13)21(5)22(6)30(14)38(37)48(56(47)16)55-45-36-28(12)23(7)31(15)40(57)39(36)46(53-45)52-43(33)50-41;;/h57H,1-16H3,(H,49,50,51,52,53,54,55);;/q;;+1/p-1. The van der Waals surface area contributed by atoms with Crippen molar-refractivity contribution in [3.05, 3.63) is 83.5 Å². The molecule has 2 aliphatic rings. The van der Waals surface area contributed by atoms with E-state index in [1.807, 2.05) is 14.0 Å². The fourth-order valence-corrected chi connectivity index (χ4v) is 10.2. The zero-order chi connectivity index (χ0) is 42.4. The van der Waals surface area contributed by atoms with Gasteiger partial charge in [-0.05, 0) is 44.4 Å². The molecule has 298 valence electrons. The van der Waals surface area contributed by atoms with Crippen molar-refractivity contribution in [1.29, 1.82) is 0 Å². The molecule has 8 bridgehead atoms. The fraction of sp³-hybridized carbons (Fsp3) is 0.333. The van der Waals surface area contributed by atoms with Gasteiger partial charge in [0.25, 0.3) is 0 Å². The quantitative estimate of drug-likeness (QED) is 0.183. The summed E-state index contributed by atoms with van der Waals surface area (Å²) in [5.74, 6) is 2.71. The third-order valence-electron chi connectivity index (χ3n) is 14.5. The van der Waals surface area contributed by atoms with Crippen LogP contribution in [0.15, 0.2) is 0 Å². The molecule has 0 saturated carbocycles. The van der Waals surface area contributed by atoms with Gasteiger partial charge >= 0.3 is 309 Å². The number of hydrogen-bond acceptors (Lipinski definition) is 8. The zero-order valence-corrected chi connectivity index (χ0v) is 38.3. The van der Waals surface area contributed by atoms with Crippen molar-refractivity contribution in [2.24, 2.45) is 7.05 Å². The van der Waals surface area contributed by atoms with Gasteiger partial charge in [-0.2, -0.15) is 0 Å². The second-order valence-electron chi connectivity index (χ2n) is 16.9. The Morgan fingerprint density at radius 1 is 0.390 bits per heavy atom. The SMILES string of the molecule is Cc1c(C)c(C)c2c(c1C)-c1nc-2nc2c3c(C)c(C)c(C)c(C)c3c(nc3nc(nc4[nH]c(n1)c1c(C)c(C)c(C)c(C)c41)-c1c([O][V]=[O])c(C)c(C)c(C)c1-3)n2C.